The summed E-state index contributed by atoms with van der Waals surface area (Å²) in [7, 11) is 0. The van der Waals surface area contributed by atoms with Crippen LogP contribution in [0.5, 0.6) is 0 Å². The molecule has 0 saturated heterocycles. The lowest BCUT2D eigenvalue weighted by molar-refractivity contribution is -0.117. The van der Waals surface area contributed by atoms with Crippen LogP contribution < -0.4 is 5.32 Å². The Kier molecular flexibility index (Phi) is 4.43. The van der Waals surface area contributed by atoms with E-state index in [9.17, 15) is 14.0 Å². The van der Waals surface area contributed by atoms with Gasteiger partial charge in [-0.05, 0) is 49.6 Å². The quantitative estimate of drug-likeness (QED) is 0.836. The first kappa shape index (κ1) is 15.7. The monoisotopic (exact) mass is 333 g/mol. The number of benzene rings is 1. The molecule has 0 aliphatic heterocycles. The number of thiophene rings is 1. The highest BCUT2D eigenvalue weighted by atomic mass is 32.1. The number of ether oxygens (including phenoxy) is 1. The van der Waals surface area contributed by atoms with Crippen molar-refractivity contribution >= 4 is 28.2 Å². The maximum Gasteiger partial charge on any atom is 0.348 e. The largest absolute Gasteiger partial charge is 0.454 e. The van der Waals surface area contributed by atoms with Crippen LogP contribution in [0.4, 0.5) is 9.39 Å². The van der Waals surface area contributed by atoms with Gasteiger partial charge in [0.05, 0.1) is 5.00 Å². The van der Waals surface area contributed by atoms with E-state index in [1.54, 1.807) is 31.2 Å². The van der Waals surface area contributed by atoms with Crippen molar-refractivity contribution in [1.82, 2.24) is 0 Å². The number of hydrogen-bond donors (Lipinski definition) is 1. The zero-order valence-corrected chi connectivity index (χ0v) is 13.4. The van der Waals surface area contributed by atoms with Crippen LogP contribution >= 0.6 is 11.3 Å². The molecule has 1 fully saturated rings. The first-order valence-electron chi connectivity index (χ1n) is 7.40. The van der Waals surface area contributed by atoms with Crippen LogP contribution in [-0.4, -0.2) is 11.9 Å². The van der Waals surface area contributed by atoms with Crippen molar-refractivity contribution in [1.29, 1.82) is 0 Å². The molecule has 1 atom stereocenters. The SMILES string of the molecule is CC(OC(=O)c1ccc(NC(=O)C2CC2)s1)c1cccc(F)c1. The van der Waals surface area contributed by atoms with Gasteiger partial charge in [-0.1, -0.05) is 12.1 Å². The molecule has 1 aromatic carbocycles. The molecule has 1 unspecified atom stereocenters. The highest BCUT2D eigenvalue weighted by Crippen LogP contribution is 2.32. The Morgan fingerprint density at radius 1 is 1.30 bits per heavy atom. The summed E-state index contributed by atoms with van der Waals surface area (Å²) in [6.45, 7) is 1.69. The number of rotatable bonds is 5. The zero-order chi connectivity index (χ0) is 16.4. The normalized spacial score (nSPS) is 15.0. The van der Waals surface area contributed by atoms with E-state index in [0.717, 1.165) is 12.8 Å². The molecule has 6 heteroatoms. The van der Waals surface area contributed by atoms with Crippen molar-refractivity contribution in [3.05, 3.63) is 52.7 Å². The fraction of sp³-hybridized carbons (Fsp3) is 0.294. The number of anilines is 1. The summed E-state index contributed by atoms with van der Waals surface area (Å²) in [6, 6.07) is 9.27. The van der Waals surface area contributed by atoms with Gasteiger partial charge in [-0.25, -0.2) is 9.18 Å². The van der Waals surface area contributed by atoms with Gasteiger partial charge in [0.1, 0.15) is 16.8 Å². The minimum absolute atomic E-state index is 0.0000961. The van der Waals surface area contributed by atoms with E-state index in [1.165, 1.54) is 23.5 Å². The summed E-state index contributed by atoms with van der Waals surface area (Å²) < 4.78 is 18.6. The Labute approximate surface area is 137 Å². The first-order chi connectivity index (χ1) is 11.0. The third kappa shape index (κ3) is 3.96. The molecular formula is C17H16FNO3S. The van der Waals surface area contributed by atoms with Gasteiger partial charge in [0.15, 0.2) is 0 Å². The molecule has 4 nitrogen and oxygen atoms in total. The van der Waals surface area contributed by atoms with Crippen LogP contribution in [0.25, 0.3) is 0 Å². The van der Waals surface area contributed by atoms with Crippen LogP contribution in [-0.2, 0) is 9.53 Å². The molecule has 1 aliphatic carbocycles. The first-order valence-corrected chi connectivity index (χ1v) is 8.22. The van der Waals surface area contributed by atoms with Gasteiger partial charge in [0.25, 0.3) is 0 Å². The Hall–Kier alpha value is -2.21. The second-order valence-corrected chi connectivity index (χ2v) is 6.61. The van der Waals surface area contributed by atoms with E-state index >= 15 is 0 Å². The number of halogens is 1. The molecule has 1 N–H and O–H groups in total. The van der Waals surface area contributed by atoms with Gasteiger partial charge in [-0.15, -0.1) is 11.3 Å². The third-order valence-electron chi connectivity index (χ3n) is 3.60. The van der Waals surface area contributed by atoms with Gasteiger partial charge < -0.3 is 10.1 Å². The van der Waals surface area contributed by atoms with E-state index in [1.807, 2.05) is 0 Å². The number of nitrogens with one attached hydrogen (secondary N) is 1. The van der Waals surface area contributed by atoms with Gasteiger partial charge in [0, 0.05) is 5.92 Å². The van der Waals surface area contributed by atoms with Gasteiger partial charge in [-0.3, -0.25) is 4.79 Å². The second-order valence-electron chi connectivity index (χ2n) is 5.53. The van der Waals surface area contributed by atoms with Gasteiger partial charge in [0.2, 0.25) is 5.91 Å². The molecule has 1 aliphatic rings. The number of hydrogen-bond acceptors (Lipinski definition) is 4. The molecule has 3 rings (SSSR count). The highest BCUT2D eigenvalue weighted by Gasteiger charge is 2.30. The standard InChI is InChI=1S/C17H16FNO3S/c1-10(12-3-2-4-13(18)9-12)22-17(21)14-7-8-15(23-14)19-16(20)11-5-6-11/h2-4,7-11H,5-6H2,1H3,(H,19,20). The molecule has 1 aromatic heterocycles. The summed E-state index contributed by atoms with van der Waals surface area (Å²) in [4.78, 5) is 24.2. The Morgan fingerprint density at radius 3 is 2.78 bits per heavy atom. The van der Waals surface area contributed by atoms with E-state index in [2.05, 4.69) is 5.32 Å². The summed E-state index contributed by atoms with van der Waals surface area (Å²) in [5.74, 6) is -0.745. The number of amides is 1. The van der Waals surface area contributed by atoms with Crippen molar-refractivity contribution in [2.45, 2.75) is 25.9 Å². The lowest BCUT2D eigenvalue weighted by Crippen LogP contribution is -2.12. The van der Waals surface area contributed by atoms with Crippen molar-refractivity contribution in [2.75, 3.05) is 5.32 Å². The van der Waals surface area contributed by atoms with Crippen LogP contribution in [0.1, 0.15) is 41.1 Å². The lowest BCUT2D eigenvalue weighted by atomic mass is 10.1. The molecule has 1 amide bonds. The van der Waals surface area contributed by atoms with Gasteiger partial charge >= 0.3 is 5.97 Å². The van der Waals surface area contributed by atoms with Crippen LogP contribution in [0.3, 0.4) is 0 Å². The predicted molar refractivity (Wildman–Crippen MR) is 85.9 cm³/mol. The summed E-state index contributed by atoms with van der Waals surface area (Å²) >= 11 is 1.17. The molecule has 0 radical (unpaired) electrons. The summed E-state index contributed by atoms with van der Waals surface area (Å²) in [5.41, 5.74) is 0.595. The van der Waals surface area contributed by atoms with Gasteiger partial charge in [-0.2, -0.15) is 0 Å². The molecule has 0 spiro atoms. The van der Waals surface area contributed by atoms with E-state index in [4.69, 9.17) is 4.74 Å². The van der Waals surface area contributed by atoms with E-state index in [-0.39, 0.29) is 17.6 Å². The minimum Gasteiger partial charge on any atom is -0.454 e. The maximum atomic E-state index is 13.2. The third-order valence-corrected chi connectivity index (χ3v) is 4.58. The van der Waals surface area contributed by atoms with Crippen LogP contribution in [0, 0.1) is 11.7 Å². The number of carbonyl (C=O) groups is 2. The molecule has 1 saturated carbocycles. The van der Waals surface area contributed by atoms with Crippen LogP contribution in [0.15, 0.2) is 36.4 Å². The molecule has 0 bridgehead atoms. The lowest BCUT2D eigenvalue weighted by Gasteiger charge is -2.12. The van der Waals surface area contributed by atoms with Crippen molar-refractivity contribution in [3.8, 4) is 0 Å². The molecule has 2 aromatic rings. The van der Waals surface area contributed by atoms with E-state index < -0.39 is 12.1 Å². The highest BCUT2D eigenvalue weighted by molar-refractivity contribution is 7.18. The molecule has 120 valence electrons. The smallest absolute Gasteiger partial charge is 0.348 e. The Morgan fingerprint density at radius 2 is 2.09 bits per heavy atom. The Balaban J connectivity index is 1.61. The second kappa shape index (κ2) is 6.50. The van der Waals surface area contributed by atoms with E-state index in [0.29, 0.717) is 15.4 Å². The Bertz CT molecular complexity index is 739. The maximum absolute atomic E-state index is 13.2. The summed E-state index contributed by atoms with van der Waals surface area (Å²) in [6.07, 6.45) is 1.30. The van der Waals surface area contributed by atoms with Crippen molar-refractivity contribution < 1.29 is 18.7 Å². The zero-order valence-electron chi connectivity index (χ0n) is 12.5. The fourth-order valence-electron chi connectivity index (χ4n) is 2.13. The fourth-order valence-corrected chi connectivity index (χ4v) is 2.92. The van der Waals surface area contributed by atoms with Crippen molar-refractivity contribution in [3.63, 3.8) is 0 Å². The average molecular weight is 333 g/mol. The number of carbonyl (C=O) groups excluding carboxylic acids is 2. The topological polar surface area (TPSA) is 55.4 Å². The summed E-state index contributed by atoms with van der Waals surface area (Å²) in [5, 5.41) is 3.43. The number of esters is 1. The molecule has 23 heavy (non-hydrogen) atoms. The van der Waals surface area contributed by atoms with Crippen molar-refractivity contribution in [2.24, 2.45) is 5.92 Å². The van der Waals surface area contributed by atoms with Crippen LogP contribution in [0.2, 0.25) is 0 Å². The average Bonchev–Trinajstić information content (AvgIpc) is 3.27. The molecular weight excluding hydrogens is 317 g/mol. The predicted octanol–water partition coefficient (Wildman–Crippen LogP) is 4.15. The minimum atomic E-state index is -0.551. The molecule has 1 heterocycles.